The standard InChI is InChI=1S/C22H24N2O3/c1-22(2,3)24(15-16-9-5-4-6-10-16)19(25)13-14-23-20(26)17-11-7-8-12-18(17)21(23)27/h4-12H,13-15H2,1-3H3. The molecule has 5 heteroatoms. The maximum Gasteiger partial charge on any atom is 0.261 e. The van der Waals surface area contributed by atoms with E-state index in [9.17, 15) is 14.4 Å². The molecular weight excluding hydrogens is 340 g/mol. The highest BCUT2D eigenvalue weighted by atomic mass is 16.2. The van der Waals surface area contributed by atoms with E-state index in [1.807, 2.05) is 51.1 Å². The molecule has 0 radical (unpaired) electrons. The molecule has 1 aliphatic rings. The maximum atomic E-state index is 12.9. The summed E-state index contributed by atoms with van der Waals surface area (Å²) in [5.74, 6) is -0.731. The minimum absolute atomic E-state index is 0.0806. The Morgan fingerprint density at radius 3 is 1.93 bits per heavy atom. The number of imide groups is 1. The fraction of sp³-hybridized carbons (Fsp3) is 0.318. The van der Waals surface area contributed by atoms with Crippen molar-refractivity contribution in [3.8, 4) is 0 Å². The molecule has 0 fully saturated rings. The number of benzene rings is 2. The van der Waals surface area contributed by atoms with E-state index in [0.717, 1.165) is 5.56 Å². The van der Waals surface area contributed by atoms with Crippen molar-refractivity contribution in [1.29, 1.82) is 0 Å². The van der Waals surface area contributed by atoms with Gasteiger partial charge >= 0.3 is 0 Å². The average molecular weight is 364 g/mol. The Labute approximate surface area is 159 Å². The van der Waals surface area contributed by atoms with Crippen LogP contribution in [0.25, 0.3) is 0 Å². The molecule has 2 aromatic rings. The van der Waals surface area contributed by atoms with Crippen LogP contribution in [-0.2, 0) is 11.3 Å². The first-order valence-electron chi connectivity index (χ1n) is 9.08. The van der Waals surface area contributed by atoms with Crippen LogP contribution in [0, 0.1) is 0 Å². The van der Waals surface area contributed by atoms with Crippen LogP contribution in [0.2, 0.25) is 0 Å². The van der Waals surface area contributed by atoms with E-state index in [1.165, 1.54) is 4.90 Å². The minimum atomic E-state index is -0.366. The van der Waals surface area contributed by atoms with Crippen LogP contribution in [0.4, 0.5) is 0 Å². The van der Waals surface area contributed by atoms with Gasteiger partial charge in [0.05, 0.1) is 11.1 Å². The van der Waals surface area contributed by atoms with Gasteiger partial charge in [-0.25, -0.2) is 0 Å². The summed E-state index contributed by atoms with van der Waals surface area (Å²) in [5, 5.41) is 0. The van der Waals surface area contributed by atoms with E-state index < -0.39 is 0 Å². The van der Waals surface area contributed by atoms with E-state index >= 15 is 0 Å². The van der Waals surface area contributed by atoms with Crippen LogP contribution in [0.15, 0.2) is 54.6 Å². The molecule has 0 aliphatic carbocycles. The van der Waals surface area contributed by atoms with Gasteiger partial charge in [0.25, 0.3) is 11.8 Å². The van der Waals surface area contributed by atoms with Crippen molar-refractivity contribution in [2.45, 2.75) is 39.3 Å². The van der Waals surface area contributed by atoms with Crippen molar-refractivity contribution in [2.75, 3.05) is 6.54 Å². The van der Waals surface area contributed by atoms with E-state index in [0.29, 0.717) is 17.7 Å². The summed E-state index contributed by atoms with van der Waals surface area (Å²) in [6, 6.07) is 16.6. The number of nitrogens with zero attached hydrogens (tertiary/aromatic N) is 2. The predicted molar refractivity (Wildman–Crippen MR) is 103 cm³/mol. The highest BCUT2D eigenvalue weighted by Gasteiger charge is 2.36. The number of carbonyl (C=O) groups excluding carboxylic acids is 3. The fourth-order valence-electron chi connectivity index (χ4n) is 3.25. The minimum Gasteiger partial charge on any atom is -0.333 e. The molecule has 0 saturated carbocycles. The molecule has 3 rings (SSSR count). The Morgan fingerprint density at radius 2 is 1.41 bits per heavy atom. The molecule has 140 valence electrons. The molecule has 0 unspecified atom stereocenters. The van der Waals surface area contributed by atoms with Crippen molar-refractivity contribution in [3.63, 3.8) is 0 Å². The average Bonchev–Trinajstić information content (AvgIpc) is 2.89. The van der Waals surface area contributed by atoms with E-state index in [2.05, 4.69) is 0 Å². The Balaban J connectivity index is 1.70. The lowest BCUT2D eigenvalue weighted by atomic mass is 10.0. The lowest BCUT2D eigenvalue weighted by molar-refractivity contribution is -0.136. The highest BCUT2D eigenvalue weighted by molar-refractivity contribution is 6.21. The summed E-state index contributed by atoms with van der Waals surface area (Å²) in [6.45, 7) is 6.53. The summed E-state index contributed by atoms with van der Waals surface area (Å²) in [5.41, 5.74) is 1.50. The van der Waals surface area contributed by atoms with Crippen LogP contribution in [0.3, 0.4) is 0 Å². The third kappa shape index (κ3) is 3.92. The van der Waals surface area contributed by atoms with E-state index in [4.69, 9.17) is 0 Å². The number of amides is 3. The smallest absolute Gasteiger partial charge is 0.261 e. The largest absolute Gasteiger partial charge is 0.333 e. The van der Waals surface area contributed by atoms with Crippen LogP contribution in [0.1, 0.15) is 53.5 Å². The van der Waals surface area contributed by atoms with Crippen molar-refractivity contribution in [2.24, 2.45) is 0 Å². The molecule has 0 N–H and O–H groups in total. The van der Waals surface area contributed by atoms with E-state index in [1.54, 1.807) is 29.2 Å². The molecule has 27 heavy (non-hydrogen) atoms. The molecule has 3 amide bonds. The summed E-state index contributed by atoms with van der Waals surface area (Å²) in [7, 11) is 0. The summed E-state index contributed by atoms with van der Waals surface area (Å²) >= 11 is 0. The maximum absolute atomic E-state index is 12.9. The van der Waals surface area contributed by atoms with Crippen molar-refractivity contribution in [3.05, 3.63) is 71.3 Å². The zero-order valence-electron chi connectivity index (χ0n) is 15.9. The third-order valence-electron chi connectivity index (χ3n) is 4.72. The monoisotopic (exact) mass is 364 g/mol. The third-order valence-corrected chi connectivity index (χ3v) is 4.72. The Bertz CT molecular complexity index is 834. The number of fused-ring (bicyclic) bond motifs is 1. The first kappa shape index (κ1) is 18.8. The molecule has 1 heterocycles. The lowest BCUT2D eigenvalue weighted by Gasteiger charge is -2.36. The summed E-state index contributed by atoms with van der Waals surface area (Å²) in [4.78, 5) is 40.8. The Kier molecular flexibility index (Phi) is 5.13. The molecule has 5 nitrogen and oxygen atoms in total. The van der Waals surface area contributed by atoms with E-state index in [-0.39, 0.29) is 36.2 Å². The van der Waals surface area contributed by atoms with Gasteiger partial charge in [0.2, 0.25) is 5.91 Å². The predicted octanol–water partition coefficient (Wildman–Crippen LogP) is 3.50. The Hall–Kier alpha value is -2.95. The van der Waals surface area contributed by atoms with Gasteiger partial charge in [0.1, 0.15) is 0 Å². The lowest BCUT2D eigenvalue weighted by Crippen LogP contribution is -2.46. The fourth-order valence-corrected chi connectivity index (χ4v) is 3.25. The molecule has 0 saturated heterocycles. The van der Waals surface area contributed by atoms with Gasteiger partial charge in [-0.3, -0.25) is 19.3 Å². The second-order valence-corrected chi connectivity index (χ2v) is 7.69. The summed E-state index contributed by atoms with van der Waals surface area (Å²) in [6.07, 6.45) is 0.107. The first-order valence-corrected chi connectivity index (χ1v) is 9.08. The number of hydrogen-bond donors (Lipinski definition) is 0. The molecule has 0 aromatic heterocycles. The SMILES string of the molecule is CC(C)(C)N(Cc1ccccc1)C(=O)CCN1C(=O)c2ccccc2C1=O. The molecule has 2 aromatic carbocycles. The van der Waals surface area contributed by atoms with Crippen LogP contribution < -0.4 is 0 Å². The molecule has 0 bridgehead atoms. The normalized spacial score (nSPS) is 13.7. The van der Waals surface area contributed by atoms with Gasteiger partial charge in [-0.15, -0.1) is 0 Å². The van der Waals surface area contributed by atoms with Crippen molar-refractivity contribution in [1.82, 2.24) is 9.80 Å². The first-order chi connectivity index (χ1) is 12.8. The second kappa shape index (κ2) is 7.35. The topological polar surface area (TPSA) is 57.7 Å². The zero-order valence-corrected chi connectivity index (χ0v) is 15.9. The van der Waals surface area contributed by atoms with Crippen molar-refractivity contribution < 1.29 is 14.4 Å². The highest BCUT2D eigenvalue weighted by Crippen LogP contribution is 2.24. The van der Waals surface area contributed by atoms with Gasteiger partial charge < -0.3 is 4.90 Å². The number of carbonyl (C=O) groups is 3. The van der Waals surface area contributed by atoms with Gasteiger partial charge in [-0.05, 0) is 38.5 Å². The second-order valence-electron chi connectivity index (χ2n) is 7.69. The van der Waals surface area contributed by atoms with Crippen LogP contribution in [0.5, 0.6) is 0 Å². The van der Waals surface area contributed by atoms with Gasteiger partial charge in [0, 0.05) is 25.0 Å². The molecular formula is C22H24N2O3. The zero-order chi connectivity index (χ0) is 19.6. The van der Waals surface area contributed by atoms with Gasteiger partial charge in [-0.1, -0.05) is 42.5 Å². The molecule has 0 spiro atoms. The number of rotatable bonds is 5. The quantitative estimate of drug-likeness (QED) is 0.763. The van der Waals surface area contributed by atoms with Gasteiger partial charge in [-0.2, -0.15) is 0 Å². The van der Waals surface area contributed by atoms with Crippen LogP contribution >= 0.6 is 0 Å². The molecule has 1 aliphatic heterocycles. The Morgan fingerprint density at radius 1 is 0.889 bits per heavy atom. The van der Waals surface area contributed by atoms with Crippen molar-refractivity contribution >= 4 is 17.7 Å². The molecule has 0 atom stereocenters. The van der Waals surface area contributed by atoms with Gasteiger partial charge in [0.15, 0.2) is 0 Å². The number of hydrogen-bond acceptors (Lipinski definition) is 3. The van der Waals surface area contributed by atoms with Crippen LogP contribution in [-0.4, -0.2) is 39.6 Å². The summed E-state index contributed by atoms with van der Waals surface area (Å²) < 4.78 is 0.